The van der Waals surface area contributed by atoms with Gasteiger partial charge >= 0.3 is 0 Å². The van der Waals surface area contributed by atoms with E-state index >= 15 is 0 Å². The van der Waals surface area contributed by atoms with Crippen LogP contribution in [0.15, 0.2) is 22.5 Å². The topological polar surface area (TPSA) is 58.1 Å². The fourth-order valence-electron chi connectivity index (χ4n) is 3.34. The molecule has 140 valence electrons. The Hall–Kier alpha value is -1.60. The van der Waals surface area contributed by atoms with Gasteiger partial charge in [-0.2, -0.15) is 0 Å². The summed E-state index contributed by atoms with van der Waals surface area (Å²) in [6.45, 7) is 10.4. The predicted molar refractivity (Wildman–Crippen MR) is 109 cm³/mol. The van der Waals surface area contributed by atoms with Gasteiger partial charge in [0.25, 0.3) is 0 Å². The van der Waals surface area contributed by atoms with Crippen LogP contribution in [0.25, 0.3) is 0 Å². The molecule has 1 aromatic carbocycles. The van der Waals surface area contributed by atoms with Gasteiger partial charge in [-0.1, -0.05) is 43.0 Å². The number of nitrogens with zero attached hydrogens (tertiary/aromatic N) is 3. The molecule has 26 heavy (non-hydrogen) atoms. The lowest BCUT2D eigenvalue weighted by atomic mass is 9.92. The Labute approximate surface area is 163 Å². The number of hydrogen-bond donors (Lipinski definition) is 1. The SMILES string of the molecule is Cc1ccc(Nc2nnc(SCC(=O)N3C[C@H](C)C[C@@H](C)C3)s2)cc1C. The van der Waals surface area contributed by atoms with E-state index in [4.69, 9.17) is 0 Å². The number of amides is 1. The number of benzene rings is 1. The summed E-state index contributed by atoms with van der Waals surface area (Å²) in [4.78, 5) is 14.5. The normalized spacial score (nSPS) is 20.2. The molecule has 0 aliphatic carbocycles. The molecular weight excluding hydrogens is 364 g/mol. The Morgan fingerprint density at radius 3 is 2.65 bits per heavy atom. The van der Waals surface area contributed by atoms with Gasteiger partial charge in [0.15, 0.2) is 4.34 Å². The van der Waals surface area contributed by atoms with Crippen molar-refractivity contribution in [1.82, 2.24) is 15.1 Å². The molecule has 1 aliphatic rings. The third-order valence-electron chi connectivity index (χ3n) is 4.71. The quantitative estimate of drug-likeness (QED) is 0.762. The van der Waals surface area contributed by atoms with E-state index in [2.05, 4.69) is 55.3 Å². The third-order valence-corrected chi connectivity index (χ3v) is 6.66. The maximum atomic E-state index is 12.5. The number of carbonyl (C=O) groups is 1. The zero-order valence-electron chi connectivity index (χ0n) is 15.8. The monoisotopic (exact) mass is 390 g/mol. The van der Waals surface area contributed by atoms with Crippen molar-refractivity contribution in [2.24, 2.45) is 11.8 Å². The standard InChI is InChI=1S/C19H26N4OS2/c1-12-7-13(2)10-23(9-12)17(24)11-25-19-22-21-18(26-19)20-16-6-5-14(3)15(4)8-16/h5-6,8,12-13H,7,9-11H2,1-4H3,(H,20,21)/t12-,13-/m1/s1. The Bertz CT molecular complexity index is 767. The summed E-state index contributed by atoms with van der Waals surface area (Å²) in [7, 11) is 0. The molecule has 2 aromatic rings. The zero-order chi connectivity index (χ0) is 18.7. The number of likely N-dealkylation sites (tertiary alicyclic amines) is 1. The number of thioether (sulfide) groups is 1. The minimum Gasteiger partial charge on any atom is -0.341 e. The molecule has 1 fully saturated rings. The van der Waals surface area contributed by atoms with E-state index in [0.717, 1.165) is 28.2 Å². The molecule has 2 heterocycles. The second-order valence-electron chi connectivity index (χ2n) is 7.33. The molecule has 0 spiro atoms. The highest BCUT2D eigenvalue weighted by molar-refractivity contribution is 8.01. The second kappa shape index (κ2) is 8.39. The Balaban J connectivity index is 1.53. The van der Waals surface area contributed by atoms with E-state index in [1.807, 2.05) is 11.0 Å². The van der Waals surface area contributed by atoms with Crippen molar-refractivity contribution in [3.63, 3.8) is 0 Å². The van der Waals surface area contributed by atoms with Crippen molar-refractivity contribution in [1.29, 1.82) is 0 Å². The number of hydrogen-bond acceptors (Lipinski definition) is 6. The van der Waals surface area contributed by atoms with E-state index in [-0.39, 0.29) is 5.91 Å². The number of rotatable bonds is 5. The average Bonchev–Trinajstić information content (AvgIpc) is 3.02. The van der Waals surface area contributed by atoms with E-state index in [1.165, 1.54) is 40.6 Å². The summed E-state index contributed by atoms with van der Waals surface area (Å²) in [6.07, 6.45) is 1.21. The molecular formula is C19H26N4OS2. The van der Waals surface area contributed by atoms with Crippen LogP contribution in [0.5, 0.6) is 0 Å². The molecule has 7 heteroatoms. The summed E-state index contributed by atoms with van der Waals surface area (Å²) < 4.78 is 0.822. The first-order chi connectivity index (χ1) is 12.4. The molecule has 0 radical (unpaired) electrons. The smallest absolute Gasteiger partial charge is 0.233 e. The fourth-order valence-corrected chi connectivity index (χ4v) is 5.02. The first kappa shape index (κ1) is 19.2. The summed E-state index contributed by atoms with van der Waals surface area (Å²) in [5.74, 6) is 1.80. The Kier molecular flexibility index (Phi) is 6.19. The van der Waals surface area contributed by atoms with Crippen LogP contribution in [0.4, 0.5) is 10.8 Å². The van der Waals surface area contributed by atoms with Crippen molar-refractivity contribution in [3.05, 3.63) is 29.3 Å². The van der Waals surface area contributed by atoms with Gasteiger partial charge in [-0.25, -0.2) is 0 Å². The van der Waals surface area contributed by atoms with E-state index in [1.54, 1.807) is 0 Å². The van der Waals surface area contributed by atoms with Crippen LogP contribution in [-0.2, 0) is 4.79 Å². The van der Waals surface area contributed by atoms with Crippen molar-refractivity contribution >= 4 is 39.8 Å². The maximum absolute atomic E-state index is 12.5. The largest absolute Gasteiger partial charge is 0.341 e. The molecule has 1 saturated heterocycles. The Morgan fingerprint density at radius 2 is 1.96 bits per heavy atom. The molecule has 0 saturated carbocycles. The summed E-state index contributed by atoms with van der Waals surface area (Å²) in [5.41, 5.74) is 3.52. The van der Waals surface area contributed by atoms with Crippen LogP contribution < -0.4 is 5.32 Å². The third kappa shape index (κ3) is 4.98. The summed E-state index contributed by atoms with van der Waals surface area (Å²) >= 11 is 2.96. The summed E-state index contributed by atoms with van der Waals surface area (Å²) in [6, 6.07) is 6.23. The van der Waals surface area contributed by atoms with Crippen molar-refractivity contribution < 1.29 is 4.79 Å². The second-order valence-corrected chi connectivity index (χ2v) is 9.53. The van der Waals surface area contributed by atoms with Crippen LogP contribution in [0.2, 0.25) is 0 Å². The lowest BCUT2D eigenvalue weighted by Crippen LogP contribution is -2.43. The minimum atomic E-state index is 0.201. The van der Waals surface area contributed by atoms with Crippen LogP contribution in [0, 0.1) is 25.7 Å². The van der Waals surface area contributed by atoms with Gasteiger partial charge in [0.2, 0.25) is 11.0 Å². The van der Waals surface area contributed by atoms with Gasteiger partial charge in [-0.3, -0.25) is 4.79 Å². The first-order valence-corrected chi connectivity index (χ1v) is 10.8. The molecule has 2 atom stereocenters. The van der Waals surface area contributed by atoms with E-state index < -0.39 is 0 Å². The van der Waals surface area contributed by atoms with Gasteiger partial charge in [0.1, 0.15) is 0 Å². The molecule has 1 N–H and O–H groups in total. The van der Waals surface area contributed by atoms with Gasteiger partial charge in [-0.05, 0) is 55.4 Å². The zero-order valence-corrected chi connectivity index (χ0v) is 17.4. The molecule has 0 unspecified atom stereocenters. The molecule has 5 nitrogen and oxygen atoms in total. The molecule has 1 amide bonds. The van der Waals surface area contributed by atoms with Crippen LogP contribution in [-0.4, -0.2) is 39.8 Å². The Morgan fingerprint density at radius 1 is 1.23 bits per heavy atom. The van der Waals surface area contributed by atoms with E-state index in [0.29, 0.717) is 17.6 Å². The fraction of sp³-hybridized carbons (Fsp3) is 0.526. The van der Waals surface area contributed by atoms with Crippen LogP contribution >= 0.6 is 23.1 Å². The lowest BCUT2D eigenvalue weighted by molar-refractivity contribution is -0.130. The van der Waals surface area contributed by atoms with E-state index in [9.17, 15) is 4.79 Å². The average molecular weight is 391 g/mol. The number of aryl methyl sites for hydroxylation is 2. The number of aromatic nitrogens is 2. The van der Waals surface area contributed by atoms with Gasteiger partial charge < -0.3 is 10.2 Å². The van der Waals surface area contributed by atoms with Crippen LogP contribution in [0.3, 0.4) is 0 Å². The molecule has 1 aliphatic heterocycles. The first-order valence-electron chi connectivity index (χ1n) is 8.99. The number of carbonyl (C=O) groups excluding carboxylic acids is 1. The number of piperidine rings is 1. The predicted octanol–water partition coefficient (Wildman–Crippen LogP) is 4.50. The molecule has 1 aromatic heterocycles. The highest BCUT2D eigenvalue weighted by atomic mass is 32.2. The minimum absolute atomic E-state index is 0.201. The number of anilines is 2. The highest BCUT2D eigenvalue weighted by Gasteiger charge is 2.25. The van der Waals surface area contributed by atoms with Gasteiger partial charge in [0.05, 0.1) is 5.75 Å². The van der Waals surface area contributed by atoms with Gasteiger partial charge in [-0.15, -0.1) is 10.2 Å². The van der Waals surface area contributed by atoms with Crippen molar-refractivity contribution in [2.75, 3.05) is 24.2 Å². The summed E-state index contributed by atoms with van der Waals surface area (Å²) in [5, 5.41) is 12.4. The van der Waals surface area contributed by atoms with Crippen molar-refractivity contribution in [2.45, 2.75) is 38.5 Å². The van der Waals surface area contributed by atoms with Crippen molar-refractivity contribution in [3.8, 4) is 0 Å². The van der Waals surface area contributed by atoms with Gasteiger partial charge in [0, 0.05) is 18.8 Å². The molecule has 0 bridgehead atoms. The lowest BCUT2D eigenvalue weighted by Gasteiger charge is -2.34. The molecule has 3 rings (SSSR count). The van der Waals surface area contributed by atoms with Crippen LogP contribution in [0.1, 0.15) is 31.4 Å². The number of nitrogens with one attached hydrogen (secondary N) is 1. The maximum Gasteiger partial charge on any atom is 0.233 e. The highest BCUT2D eigenvalue weighted by Crippen LogP contribution is 2.29.